The van der Waals surface area contributed by atoms with Gasteiger partial charge in [0.1, 0.15) is 4.21 Å². The second-order valence-electron chi connectivity index (χ2n) is 4.21. The summed E-state index contributed by atoms with van der Waals surface area (Å²) in [6.07, 6.45) is 0. The lowest BCUT2D eigenvalue weighted by atomic mass is 10.3. The minimum Gasteiger partial charge on any atom is -0.353 e. The Morgan fingerprint density at radius 3 is 2.55 bits per heavy atom. The number of hydrogen-bond donors (Lipinski definition) is 3. The number of carbonyl (C=O) groups excluding carboxylic acids is 1. The van der Waals surface area contributed by atoms with Gasteiger partial charge in [-0.05, 0) is 32.3 Å². The minimum atomic E-state index is -3.61. The number of nitrogens with one attached hydrogen (secondary N) is 3. The van der Waals surface area contributed by atoms with Crippen LogP contribution >= 0.6 is 23.7 Å². The normalized spacial score (nSPS) is 14.2. The van der Waals surface area contributed by atoms with Crippen LogP contribution < -0.4 is 15.4 Å². The first kappa shape index (κ1) is 19.3. The van der Waals surface area contributed by atoms with Crippen molar-refractivity contribution in [2.45, 2.75) is 30.1 Å². The number of rotatable bonds is 7. The van der Waals surface area contributed by atoms with Crippen molar-refractivity contribution < 1.29 is 13.2 Å². The summed E-state index contributed by atoms with van der Waals surface area (Å²) in [6, 6.07) is 2.47. The van der Waals surface area contributed by atoms with Gasteiger partial charge in [-0.15, -0.1) is 23.7 Å². The van der Waals surface area contributed by atoms with Crippen LogP contribution in [0.3, 0.4) is 0 Å². The number of likely N-dealkylation sites (N-methyl/N-ethyl adjacent to an activating group) is 1. The molecule has 0 aliphatic heterocycles. The Labute approximate surface area is 129 Å². The van der Waals surface area contributed by atoms with Crippen LogP contribution in [0, 0.1) is 0 Å². The topological polar surface area (TPSA) is 87.3 Å². The molecular weight excluding hydrogens is 322 g/mol. The summed E-state index contributed by atoms with van der Waals surface area (Å²) in [6.45, 7) is 3.88. The molecule has 1 heterocycles. The summed E-state index contributed by atoms with van der Waals surface area (Å²) in [5.41, 5.74) is 0. The number of thiophene rings is 1. The highest BCUT2D eigenvalue weighted by Gasteiger charge is 2.22. The van der Waals surface area contributed by atoms with Crippen LogP contribution in [0.1, 0.15) is 13.8 Å². The third-order valence-corrected chi connectivity index (χ3v) is 5.50. The lowest BCUT2D eigenvalue weighted by Gasteiger charge is -2.16. The van der Waals surface area contributed by atoms with Gasteiger partial charge in [0.2, 0.25) is 5.91 Å². The fourth-order valence-corrected chi connectivity index (χ4v) is 3.48. The second kappa shape index (κ2) is 8.58. The maximum absolute atomic E-state index is 11.9. The Morgan fingerprint density at radius 2 is 2.05 bits per heavy atom. The summed E-state index contributed by atoms with van der Waals surface area (Å²) in [5.74, 6) is -0.345. The number of halogens is 1. The van der Waals surface area contributed by atoms with Gasteiger partial charge in [-0.25, -0.2) is 8.42 Å². The molecule has 0 aliphatic rings. The van der Waals surface area contributed by atoms with Crippen LogP contribution in [-0.2, 0) is 14.8 Å². The van der Waals surface area contributed by atoms with Gasteiger partial charge < -0.3 is 10.6 Å². The van der Waals surface area contributed by atoms with Crippen molar-refractivity contribution in [2.75, 3.05) is 13.6 Å². The molecular formula is C11H20ClN3O3S2. The number of amides is 1. The molecule has 1 aromatic rings. The van der Waals surface area contributed by atoms with Crippen molar-refractivity contribution in [2.24, 2.45) is 0 Å². The second-order valence-corrected chi connectivity index (χ2v) is 7.10. The number of sulfonamides is 1. The molecule has 3 N–H and O–H groups in total. The van der Waals surface area contributed by atoms with Crippen molar-refractivity contribution in [1.29, 1.82) is 0 Å². The van der Waals surface area contributed by atoms with Crippen molar-refractivity contribution in [3.63, 3.8) is 0 Å². The van der Waals surface area contributed by atoms with Crippen molar-refractivity contribution in [3.8, 4) is 0 Å². The Balaban J connectivity index is 0.00000361. The molecule has 0 radical (unpaired) electrons. The molecule has 116 valence electrons. The average Bonchev–Trinajstić information content (AvgIpc) is 2.89. The molecule has 0 aliphatic carbocycles. The molecule has 1 rings (SSSR count). The van der Waals surface area contributed by atoms with Gasteiger partial charge in [-0.2, -0.15) is 4.72 Å². The van der Waals surface area contributed by atoms with Gasteiger partial charge in [0, 0.05) is 12.6 Å². The van der Waals surface area contributed by atoms with E-state index in [-0.39, 0.29) is 28.6 Å². The third kappa shape index (κ3) is 5.76. The Kier molecular flexibility index (Phi) is 8.29. The molecule has 9 heteroatoms. The van der Waals surface area contributed by atoms with Crippen LogP contribution in [0.4, 0.5) is 0 Å². The van der Waals surface area contributed by atoms with E-state index in [0.29, 0.717) is 6.54 Å². The van der Waals surface area contributed by atoms with E-state index in [0.717, 1.165) is 11.3 Å². The van der Waals surface area contributed by atoms with Crippen LogP contribution in [0.5, 0.6) is 0 Å². The van der Waals surface area contributed by atoms with Crippen LogP contribution in [0.15, 0.2) is 21.7 Å². The summed E-state index contributed by atoms with van der Waals surface area (Å²) < 4.78 is 26.4. The minimum absolute atomic E-state index is 0. The van der Waals surface area contributed by atoms with E-state index in [1.54, 1.807) is 18.5 Å². The lowest BCUT2D eigenvalue weighted by molar-refractivity contribution is -0.122. The van der Waals surface area contributed by atoms with E-state index < -0.39 is 16.1 Å². The van der Waals surface area contributed by atoms with Gasteiger partial charge in [0.15, 0.2) is 0 Å². The van der Waals surface area contributed by atoms with Gasteiger partial charge in [0.25, 0.3) is 10.0 Å². The van der Waals surface area contributed by atoms with E-state index in [1.165, 1.54) is 13.0 Å². The Hall–Kier alpha value is -0.670. The summed E-state index contributed by atoms with van der Waals surface area (Å²) in [5, 5.41) is 7.33. The van der Waals surface area contributed by atoms with E-state index in [2.05, 4.69) is 15.4 Å². The molecule has 2 atom stereocenters. The largest absolute Gasteiger partial charge is 0.353 e. The van der Waals surface area contributed by atoms with E-state index in [1.807, 2.05) is 6.92 Å². The Bertz CT molecular complexity index is 505. The third-order valence-electron chi connectivity index (χ3n) is 2.56. The Morgan fingerprint density at radius 1 is 1.40 bits per heavy atom. The monoisotopic (exact) mass is 341 g/mol. The van der Waals surface area contributed by atoms with E-state index in [4.69, 9.17) is 0 Å². The van der Waals surface area contributed by atoms with E-state index in [9.17, 15) is 13.2 Å². The summed E-state index contributed by atoms with van der Waals surface area (Å²) in [4.78, 5) is 11.7. The first-order chi connectivity index (χ1) is 8.86. The van der Waals surface area contributed by atoms with Crippen molar-refractivity contribution in [3.05, 3.63) is 17.5 Å². The van der Waals surface area contributed by atoms with Crippen LogP contribution in [-0.4, -0.2) is 40.0 Å². The van der Waals surface area contributed by atoms with Crippen molar-refractivity contribution >= 4 is 39.7 Å². The molecule has 0 saturated heterocycles. The molecule has 0 bridgehead atoms. The quantitative estimate of drug-likeness (QED) is 0.676. The van der Waals surface area contributed by atoms with E-state index >= 15 is 0 Å². The molecule has 6 nitrogen and oxygen atoms in total. The molecule has 0 aromatic carbocycles. The van der Waals surface area contributed by atoms with Crippen LogP contribution in [0.2, 0.25) is 0 Å². The highest BCUT2D eigenvalue weighted by molar-refractivity contribution is 7.91. The molecule has 20 heavy (non-hydrogen) atoms. The first-order valence-electron chi connectivity index (χ1n) is 5.87. The molecule has 1 aromatic heterocycles. The highest BCUT2D eigenvalue weighted by Crippen LogP contribution is 2.15. The standard InChI is InChI=1S/C11H19N3O3S2.ClH/c1-8(12-3)7-13-11(15)9(2)14-19(16,17)10-5-4-6-18-10;/h4-6,8-9,12,14H,7H2,1-3H3,(H,13,15);1H. The molecule has 1 amide bonds. The van der Waals surface area contributed by atoms with Gasteiger partial charge in [0.05, 0.1) is 6.04 Å². The highest BCUT2D eigenvalue weighted by atomic mass is 35.5. The van der Waals surface area contributed by atoms with Crippen LogP contribution in [0.25, 0.3) is 0 Å². The zero-order valence-electron chi connectivity index (χ0n) is 11.5. The van der Waals surface area contributed by atoms with Gasteiger partial charge in [-0.1, -0.05) is 6.07 Å². The first-order valence-corrected chi connectivity index (χ1v) is 8.24. The average molecular weight is 342 g/mol. The molecule has 0 saturated carbocycles. The summed E-state index contributed by atoms with van der Waals surface area (Å²) in [7, 11) is -1.82. The zero-order chi connectivity index (χ0) is 14.5. The smallest absolute Gasteiger partial charge is 0.250 e. The molecule has 0 spiro atoms. The predicted octanol–water partition coefficient (Wildman–Crippen LogP) is 0.561. The number of hydrogen-bond acceptors (Lipinski definition) is 5. The van der Waals surface area contributed by atoms with Gasteiger partial charge in [-0.3, -0.25) is 4.79 Å². The maximum Gasteiger partial charge on any atom is 0.250 e. The molecule has 2 unspecified atom stereocenters. The predicted molar refractivity (Wildman–Crippen MR) is 82.9 cm³/mol. The van der Waals surface area contributed by atoms with Crippen molar-refractivity contribution in [1.82, 2.24) is 15.4 Å². The lowest BCUT2D eigenvalue weighted by Crippen LogP contribution is -2.47. The van der Waals surface area contributed by atoms with Gasteiger partial charge >= 0.3 is 0 Å². The SMILES string of the molecule is CNC(C)CNC(=O)C(C)NS(=O)(=O)c1cccs1.Cl. The molecule has 0 fully saturated rings. The number of carbonyl (C=O) groups is 1. The zero-order valence-corrected chi connectivity index (χ0v) is 14.0. The fourth-order valence-electron chi connectivity index (χ4n) is 1.27. The maximum atomic E-state index is 11.9. The summed E-state index contributed by atoms with van der Waals surface area (Å²) >= 11 is 1.11. The fraction of sp³-hybridized carbons (Fsp3) is 0.545.